The molecule has 0 aliphatic rings. The molecule has 0 unspecified atom stereocenters. The van der Waals surface area contributed by atoms with Crippen LogP contribution in [-0.4, -0.2) is 39.4 Å². The van der Waals surface area contributed by atoms with Crippen molar-refractivity contribution in [2.75, 3.05) is 24.5 Å². The molecule has 0 bridgehead atoms. The average Bonchev–Trinajstić information content (AvgIpc) is 2.96. The minimum absolute atomic E-state index is 0.106. The van der Waals surface area contributed by atoms with E-state index in [0.29, 0.717) is 34.9 Å². The number of carbonyl (C=O) groups is 1. The molecular formula is C31H29ClF2N2O4S. The van der Waals surface area contributed by atoms with Gasteiger partial charge >= 0.3 is 0 Å². The Kier molecular flexibility index (Phi) is 9.62. The quantitative estimate of drug-likeness (QED) is 0.177. The number of ether oxygens (including phenoxy) is 1. The Morgan fingerprint density at radius 3 is 2.32 bits per heavy atom. The van der Waals surface area contributed by atoms with Crippen molar-refractivity contribution in [3.8, 4) is 5.75 Å². The highest BCUT2D eigenvalue weighted by Crippen LogP contribution is 2.32. The zero-order valence-electron chi connectivity index (χ0n) is 22.6. The van der Waals surface area contributed by atoms with Gasteiger partial charge in [0.25, 0.3) is 15.9 Å². The molecule has 0 saturated heterocycles. The molecule has 4 aromatic rings. The lowest BCUT2D eigenvalue weighted by molar-refractivity contribution is 0.0787. The van der Waals surface area contributed by atoms with Gasteiger partial charge in [-0.25, -0.2) is 17.2 Å². The third-order valence-electron chi connectivity index (χ3n) is 6.41. The van der Waals surface area contributed by atoms with Crippen molar-refractivity contribution in [1.29, 1.82) is 0 Å². The van der Waals surface area contributed by atoms with Crippen LogP contribution < -0.4 is 9.04 Å². The first kappa shape index (κ1) is 30.0. The van der Waals surface area contributed by atoms with Crippen LogP contribution in [0, 0.1) is 18.6 Å². The standard InChI is InChI=1S/C31H29ClF2N2O4S/c1-22-8-10-23(11-9-22)31(37)35(2)18-5-19-40-30-7-4-3-6-24(30)21-36(29-20-26(33)14-17-28(29)34)41(38,39)27-15-12-25(32)13-16-27/h3-4,6-17,20H,5,18-19,21H2,1-2H3. The first-order valence-corrected chi connectivity index (χ1v) is 14.6. The second kappa shape index (κ2) is 13.1. The van der Waals surface area contributed by atoms with Crippen molar-refractivity contribution < 1.29 is 26.7 Å². The Bertz CT molecular complexity index is 1610. The van der Waals surface area contributed by atoms with Gasteiger partial charge in [-0.15, -0.1) is 0 Å². The van der Waals surface area contributed by atoms with Crippen LogP contribution in [0.25, 0.3) is 0 Å². The van der Waals surface area contributed by atoms with Gasteiger partial charge in [0.2, 0.25) is 0 Å². The summed E-state index contributed by atoms with van der Waals surface area (Å²) in [5.41, 5.74) is 1.66. The van der Waals surface area contributed by atoms with Crippen molar-refractivity contribution in [2.45, 2.75) is 24.8 Å². The lowest BCUT2D eigenvalue weighted by atomic mass is 10.1. The molecule has 4 aromatic carbocycles. The highest BCUT2D eigenvalue weighted by Gasteiger charge is 2.29. The molecule has 0 saturated carbocycles. The third kappa shape index (κ3) is 7.42. The number of hydrogen-bond acceptors (Lipinski definition) is 4. The molecule has 0 heterocycles. The maximum atomic E-state index is 14.9. The van der Waals surface area contributed by atoms with Gasteiger partial charge in [-0.1, -0.05) is 47.5 Å². The smallest absolute Gasteiger partial charge is 0.264 e. The van der Waals surface area contributed by atoms with E-state index in [1.807, 2.05) is 19.1 Å². The number of rotatable bonds is 11. The molecule has 6 nitrogen and oxygen atoms in total. The normalized spacial score (nSPS) is 11.2. The first-order valence-electron chi connectivity index (χ1n) is 12.8. The second-order valence-corrected chi connectivity index (χ2v) is 11.8. The highest BCUT2D eigenvalue weighted by molar-refractivity contribution is 7.92. The van der Waals surface area contributed by atoms with Crippen LogP contribution in [-0.2, 0) is 16.6 Å². The maximum absolute atomic E-state index is 14.9. The molecule has 4 rings (SSSR count). The van der Waals surface area contributed by atoms with Gasteiger partial charge in [-0.2, -0.15) is 0 Å². The topological polar surface area (TPSA) is 66.9 Å². The number of nitrogens with zero attached hydrogens (tertiary/aromatic N) is 2. The molecule has 0 aliphatic heterocycles. The molecule has 0 atom stereocenters. The van der Waals surface area contributed by atoms with Crippen molar-refractivity contribution >= 4 is 33.2 Å². The number of hydrogen-bond donors (Lipinski definition) is 0. The minimum atomic E-state index is -4.33. The van der Waals surface area contributed by atoms with E-state index in [9.17, 15) is 22.0 Å². The number of anilines is 1. The van der Waals surface area contributed by atoms with E-state index in [-0.39, 0.29) is 24.0 Å². The van der Waals surface area contributed by atoms with E-state index in [4.69, 9.17) is 16.3 Å². The number of amides is 1. The van der Waals surface area contributed by atoms with E-state index in [2.05, 4.69) is 0 Å². The fourth-order valence-corrected chi connectivity index (χ4v) is 5.71. The van der Waals surface area contributed by atoms with E-state index in [1.54, 1.807) is 48.3 Å². The fourth-order valence-electron chi connectivity index (χ4n) is 4.14. The van der Waals surface area contributed by atoms with Crippen LogP contribution in [0.4, 0.5) is 14.5 Å². The molecule has 0 aromatic heterocycles. The van der Waals surface area contributed by atoms with E-state index in [1.165, 1.54) is 24.3 Å². The van der Waals surface area contributed by atoms with E-state index < -0.39 is 27.3 Å². The molecule has 0 fully saturated rings. The SMILES string of the molecule is Cc1ccc(C(=O)N(C)CCCOc2ccccc2CN(c2cc(F)ccc2F)S(=O)(=O)c2ccc(Cl)cc2)cc1. The van der Waals surface area contributed by atoms with Crippen LogP contribution in [0.1, 0.15) is 27.9 Å². The highest BCUT2D eigenvalue weighted by atomic mass is 35.5. The average molecular weight is 599 g/mol. The molecule has 1 amide bonds. The summed E-state index contributed by atoms with van der Waals surface area (Å²) in [6, 6.07) is 22.2. The number of carbonyl (C=O) groups excluding carboxylic acids is 1. The zero-order chi connectivity index (χ0) is 29.6. The van der Waals surface area contributed by atoms with Gasteiger partial charge in [-0.05, 0) is 67.9 Å². The predicted octanol–water partition coefficient (Wildman–Crippen LogP) is 6.86. The van der Waals surface area contributed by atoms with E-state index >= 15 is 0 Å². The molecule has 0 radical (unpaired) electrons. The largest absolute Gasteiger partial charge is 0.493 e. The molecule has 0 aliphatic carbocycles. The Morgan fingerprint density at radius 1 is 0.927 bits per heavy atom. The summed E-state index contributed by atoms with van der Waals surface area (Å²) in [7, 11) is -2.62. The van der Waals surface area contributed by atoms with E-state index in [0.717, 1.165) is 28.1 Å². The maximum Gasteiger partial charge on any atom is 0.264 e. The van der Waals surface area contributed by atoms with Crippen molar-refractivity contribution in [3.63, 3.8) is 0 Å². The van der Waals surface area contributed by atoms with Gasteiger partial charge in [0.15, 0.2) is 0 Å². The number of halogens is 3. The molecule has 41 heavy (non-hydrogen) atoms. The summed E-state index contributed by atoms with van der Waals surface area (Å²) >= 11 is 5.93. The summed E-state index contributed by atoms with van der Waals surface area (Å²) in [5, 5.41) is 0.331. The van der Waals surface area contributed by atoms with Crippen molar-refractivity contribution in [3.05, 3.63) is 124 Å². The molecule has 214 valence electrons. The molecule has 10 heteroatoms. The third-order valence-corrected chi connectivity index (χ3v) is 8.43. The van der Waals surface area contributed by atoms with Gasteiger partial charge in [0, 0.05) is 35.8 Å². The van der Waals surface area contributed by atoms with Gasteiger partial charge in [-0.3, -0.25) is 9.10 Å². The van der Waals surface area contributed by atoms with Crippen LogP contribution in [0.5, 0.6) is 5.75 Å². The summed E-state index contributed by atoms with van der Waals surface area (Å²) < 4.78 is 63.2. The number of para-hydroxylation sites is 1. The Hall–Kier alpha value is -3.95. The summed E-state index contributed by atoms with van der Waals surface area (Å²) in [6.07, 6.45) is 0.508. The van der Waals surface area contributed by atoms with Gasteiger partial charge < -0.3 is 9.64 Å². The van der Waals surface area contributed by atoms with Crippen LogP contribution in [0.2, 0.25) is 5.02 Å². The Morgan fingerprint density at radius 2 is 1.61 bits per heavy atom. The molecule has 0 N–H and O–H groups in total. The lowest BCUT2D eigenvalue weighted by Crippen LogP contribution is -2.31. The predicted molar refractivity (Wildman–Crippen MR) is 156 cm³/mol. The lowest BCUT2D eigenvalue weighted by Gasteiger charge is -2.26. The first-order chi connectivity index (χ1) is 19.6. The number of benzene rings is 4. The Labute approximate surface area is 243 Å². The van der Waals surface area contributed by atoms with Crippen LogP contribution in [0.3, 0.4) is 0 Å². The number of sulfonamides is 1. The number of aryl methyl sites for hydroxylation is 1. The second-order valence-electron chi connectivity index (χ2n) is 9.46. The molecule has 0 spiro atoms. The fraction of sp³-hybridized carbons (Fsp3) is 0.194. The van der Waals surface area contributed by atoms with Gasteiger partial charge in [0.05, 0.1) is 23.7 Å². The van der Waals surface area contributed by atoms with Crippen molar-refractivity contribution in [2.24, 2.45) is 0 Å². The monoisotopic (exact) mass is 598 g/mol. The van der Waals surface area contributed by atoms with Crippen LogP contribution in [0.15, 0.2) is 95.9 Å². The van der Waals surface area contributed by atoms with Gasteiger partial charge in [0.1, 0.15) is 17.4 Å². The summed E-state index contributed by atoms with van der Waals surface area (Å²) in [4.78, 5) is 14.1. The van der Waals surface area contributed by atoms with Crippen molar-refractivity contribution in [1.82, 2.24) is 4.90 Å². The Balaban J connectivity index is 1.52. The van der Waals surface area contributed by atoms with Crippen LogP contribution >= 0.6 is 11.6 Å². The molecular weight excluding hydrogens is 570 g/mol. The minimum Gasteiger partial charge on any atom is -0.493 e. The zero-order valence-corrected chi connectivity index (χ0v) is 24.1. The summed E-state index contributed by atoms with van der Waals surface area (Å²) in [5.74, 6) is -1.41. The summed E-state index contributed by atoms with van der Waals surface area (Å²) in [6.45, 7) is 2.29.